The monoisotopic (exact) mass is 354 g/mol. The van der Waals surface area contributed by atoms with Crippen molar-refractivity contribution in [3.8, 4) is 5.75 Å². The number of amides is 1. The lowest BCUT2D eigenvalue weighted by molar-refractivity contribution is -0.137. The summed E-state index contributed by atoms with van der Waals surface area (Å²) >= 11 is 0. The zero-order valence-corrected chi connectivity index (χ0v) is 15.3. The van der Waals surface area contributed by atoms with E-state index in [0.29, 0.717) is 19.4 Å². The average Bonchev–Trinajstić information content (AvgIpc) is 2.62. The van der Waals surface area contributed by atoms with Gasteiger partial charge in [0.05, 0.1) is 18.7 Å². The lowest BCUT2D eigenvalue weighted by atomic mass is 9.92. The summed E-state index contributed by atoms with van der Waals surface area (Å²) in [6.07, 6.45) is 1.05. The van der Waals surface area contributed by atoms with Gasteiger partial charge in [-0.3, -0.25) is 4.79 Å². The van der Waals surface area contributed by atoms with Crippen molar-refractivity contribution in [3.05, 3.63) is 64.2 Å². The summed E-state index contributed by atoms with van der Waals surface area (Å²) < 4.78 is 0. The molecule has 2 atom stereocenters. The third-order valence-electron chi connectivity index (χ3n) is 5.27. The number of carbonyl (C=O) groups excluding carboxylic acids is 1. The molecular formula is C21H26N2O3. The summed E-state index contributed by atoms with van der Waals surface area (Å²) in [5.41, 5.74) is 11.4. The first-order valence-electron chi connectivity index (χ1n) is 8.93. The van der Waals surface area contributed by atoms with Gasteiger partial charge in [-0.05, 0) is 66.6 Å². The Morgan fingerprint density at radius 1 is 1.23 bits per heavy atom. The summed E-state index contributed by atoms with van der Waals surface area (Å²) in [4.78, 5) is 14.7. The molecule has 0 saturated carbocycles. The fourth-order valence-electron chi connectivity index (χ4n) is 3.82. The summed E-state index contributed by atoms with van der Waals surface area (Å²) in [5, 5.41) is 19.5. The number of aromatic hydroxyl groups is 1. The van der Waals surface area contributed by atoms with Crippen LogP contribution in [0.4, 0.5) is 0 Å². The van der Waals surface area contributed by atoms with Crippen LogP contribution in [0.15, 0.2) is 36.4 Å². The molecule has 1 amide bonds. The van der Waals surface area contributed by atoms with Gasteiger partial charge in [-0.1, -0.05) is 24.3 Å². The maximum atomic E-state index is 13.0. The maximum Gasteiger partial charge on any atom is 0.240 e. The van der Waals surface area contributed by atoms with Crippen molar-refractivity contribution >= 4 is 5.91 Å². The predicted octanol–water partition coefficient (Wildman–Crippen LogP) is 1.82. The Kier molecular flexibility index (Phi) is 5.30. The number of aryl methyl sites for hydroxylation is 2. The van der Waals surface area contributed by atoms with Crippen molar-refractivity contribution in [1.82, 2.24) is 4.90 Å². The number of nitrogens with two attached hydrogens (primary N) is 1. The van der Waals surface area contributed by atoms with Gasteiger partial charge in [0, 0.05) is 6.54 Å². The molecule has 26 heavy (non-hydrogen) atoms. The van der Waals surface area contributed by atoms with Crippen molar-refractivity contribution < 1.29 is 15.0 Å². The van der Waals surface area contributed by atoms with Gasteiger partial charge in [0.2, 0.25) is 5.91 Å². The molecule has 4 N–H and O–H groups in total. The number of hydrogen-bond acceptors (Lipinski definition) is 4. The predicted molar refractivity (Wildman–Crippen MR) is 101 cm³/mol. The van der Waals surface area contributed by atoms with Gasteiger partial charge >= 0.3 is 0 Å². The minimum Gasteiger partial charge on any atom is -0.508 e. The minimum atomic E-state index is -0.684. The highest BCUT2D eigenvalue weighted by atomic mass is 16.3. The van der Waals surface area contributed by atoms with Crippen molar-refractivity contribution in [2.45, 2.75) is 45.3 Å². The first-order chi connectivity index (χ1) is 12.4. The van der Waals surface area contributed by atoms with Crippen molar-refractivity contribution in [3.63, 3.8) is 0 Å². The molecule has 0 radical (unpaired) electrons. The maximum absolute atomic E-state index is 13.0. The quantitative estimate of drug-likeness (QED) is 0.782. The molecule has 5 heteroatoms. The summed E-state index contributed by atoms with van der Waals surface area (Å²) in [7, 11) is 0. The van der Waals surface area contributed by atoms with E-state index in [1.165, 1.54) is 5.56 Å². The highest BCUT2D eigenvalue weighted by Gasteiger charge is 2.32. The largest absolute Gasteiger partial charge is 0.508 e. The zero-order valence-electron chi connectivity index (χ0n) is 15.3. The van der Waals surface area contributed by atoms with Crippen LogP contribution < -0.4 is 5.73 Å². The lowest BCUT2D eigenvalue weighted by Crippen LogP contribution is -2.52. The highest BCUT2D eigenvalue weighted by Crippen LogP contribution is 2.25. The number of carbonyl (C=O) groups is 1. The van der Waals surface area contributed by atoms with E-state index in [0.717, 1.165) is 22.3 Å². The second-order valence-electron chi connectivity index (χ2n) is 7.14. The second kappa shape index (κ2) is 7.48. The van der Waals surface area contributed by atoms with E-state index in [4.69, 9.17) is 5.73 Å². The van der Waals surface area contributed by atoms with Gasteiger partial charge in [0.1, 0.15) is 5.75 Å². The smallest absolute Gasteiger partial charge is 0.240 e. The first kappa shape index (κ1) is 18.4. The molecule has 138 valence electrons. The third kappa shape index (κ3) is 3.59. The summed E-state index contributed by atoms with van der Waals surface area (Å²) in [5.74, 6) is 0.0714. The zero-order chi connectivity index (χ0) is 18.8. The molecule has 3 rings (SSSR count). The van der Waals surface area contributed by atoms with Crippen LogP contribution >= 0.6 is 0 Å². The molecule has 0 aliphatic carbocycles. The van der Waals surface area contributed by atoms with Crippen molar-refractivity contribution in [1.29, 1.82) is 0 Å². The Hall–Kier alpha value is -2.37. The topological polar surface area (TPSA) is 86.8 Å². The molecular weight excluding hydrogens is 328 g/mol. The van der Waals surface area contributed by atoms with E-state index in [9.17, 15) is 15.0 Å². The van der Waals surface area contributed by atoms with Gasteiger partial charge in [0.15, 0.2) is 0 Å². The van der Waals surface area contributed by atoms with Crippen LogP contribution in [0.5, 0.6) is 5.75 Å². The van der Waals surface area contributed by atoms with Crippen LogP contribution in [-0.2, 0) is 24.2 Å². The lowest BCUT2D eigenvalue weighted by Gasteiger charge is -2.37. The molecule has 1 heterocycles. The van der Waals surface area contributed by atoms with Crippen LogP contribution in [0.2, 0.25) is 0 Å². The van der Waals surface area contributed by atoms with Gasteiger partial charge in [0.25, 0.3) is 0 Å². The SMILES string of the molecule is Cc1cc(O)cc(C)c1C[C@H](N)C(=O)N1Cc2ccccc2C[C@H]1CO. The van der Waals surface area contributed by atoms with Gasteiger partial charge in [-0.25, -0.2) is 0 Å². The molecule has 0 saturated heterocycles. The number of phenols is 1. The van der Waals surface area contributed by atoms with E-state index >= 15 is 0 Å². The third-order valence-corrected chi connectivity index (χ3v) is 5.27. The molecule has 0 aromatic heterocycles. The molecule has 0 bridgehead atoms. The van der Waals surface area contributed by atoms with E-state index in [2.05, 4.69) is 0 Å². The molecule has 1 aliphatic rings. The highest BCUT2D eigenvalue weighted by molar-refractivity contribution is 5.82. The Morgan fingerprint density at radius 2 is 1.85 bits per heavy atom. The fourth-order valence-corrected chi connectivity index (χ4v) is 3.82. The van der Waals surface area contributed by atoms with Crippen LogP contribution in [0.3, 0.4) is 0 Å². The molecule has 2 aromatic carbocycles. The summed E-state index contributed by atoms with van der Waals surface area (Å²) in [6.45, 7) is 4.21. The van der Waals surface area contributed by atoms with Crippen LogP contribution in [-0.4, -0.2) is 39.7 Å². The Balaban J connectivity index is 1.80. The minimum absolute atomic E-state index is 0.0793. The normalized spacial score (nSPS) is 17.7. The molecule has 0 unspecified atom stereocenters. The van der Waals surface area contributed by atoms with Gasteiger partial charge in [-0.2, -0.15) is 0 Å². The summed E-state index contributed by atoms with van der Waals surface area (Å²) in [6, 6.07) is 10.4. The number of hydrogen-bond donors (Lipinski definition) is 3. The van der Waals surface area contributed by atoms with Gasteiger partial charge < -0.3 is 20.8 Å². The molecule has 5 nitrogen and oxygen atoms in total. The Labute approximate surface area is 154 Å². The number of nitrogens with zero attached hydrogens (tertiary/aromatic N) is 1. The molecule has 0 fully saturated rings. The van der Waals surface area contributed by atoms with E-state index in [1.54, 1.807) is 17.0 Å². The number of fused-ring (bicyclic) bond motifs is 1. The number of phenolic OH excluding ortho intramolecular Hbond substituents is 1. The number of benzene rings is 2. The Bertz CT molecular complexity index is 796. The van der Waals surface area contributed by atoms with Crippen LogP contribution in [0.1, 0.15) is 27.8 Å². The van der Waals surface area contributed by atoms with Crippen LogP contribution in [0.25, 0.3) is 0 Å². The van der Waals surface area contributed by atoms with Gasteiger partial charge in [-0.15, -0.1) is 0 Å². The molecule has 2 aromatic rings. The van der Waals surface area contributed by atoms with Crippen molar-refractivity contribution in [2.75, 3.05) is 6.61 Å². The van der Waals surface area contributed by atoms with Crippen LogP contribution in [0, 0.1) is 13.8 Å². The standard InChI is InChI=1S/C21H26N2O3/c1-13-7-18(25)8-14(2)19(13)10-20(22)21(26)23-11-16-6-4-3-5-15(16)9-17(23)12-24/h3-8,17,20,24-25H,9-12,22H2,1-2H3/t17-,20-/m0/s1. The second-order valence-corrected chi connectivity index (χ2v) is 7.14. The molecule has 0 spiro atoms. The number of rotatable bonds is 4. The Morgan fingerprint density at radius 3 is 2.46 bits per heavy atom. The van der Waals surface area contributed by atoms with E-state index in [-0.39, 0.29) is 24.3 Å². The fraction of sp³-hybridized carbons (Fsp3) is 0.381. The van der Waals surface area contributed by atoms with E-state index < -0.39 is 6.04 Å². The number of aliphatic hydroxyl groups is 1. The van der Waals surface area contributed by atoms with Crippen molar-refractivity contribution in [2.24, 2.45) is 5.73 Å². The first-order valence-corrected chi connectivity index (χ1v) is 8.93. The van der Waals surface area contributed by atoms with E-state index in [1.807, 2.05) is 38.1 Å². The average molecular weight is 354 g/mol. The number of aliphatic hydroxyl groups excluding tert-OH is 1. The molecule has 1 aliphatic heterocycles.